The van der Waals surface area contributed by atoms with Crippen LogP contribution in [0.15, 0.2) is 48.5 Å². The van der Waals surface area contributed by atoms with E-state index in [1.807, 2.05) is 48.9 Å². The van der Waals surface area contributed by atoms with E-state index in [9.17, 15) is 13.2 Å². The van der Waals surface area contributed by atoms with Gasteiger partial charge in [0.15, 0.2) is 0 Å². The predicted octanol–water partition coefficient (Wildman–Crippen LogP) is 3.44. The number of benzene rings is 2. The maximum atomic E-state index is 12.6. The number of anilines is 1. The van der Waals surface area contributed by atoms with Gasteiger partial charge in [-0.3, -0.25) is 9.52 Å². The molecule has 152 valence electrons. The first kappa shape index (κ1) is 20.9. The summed E-state index contributed by atoms with van der Waals surface area (Å²) in [6.45, 7) is 4.13. The molecule has 3 aromatic rings. The maximum absolute atomic E-state index is 12.6. The minimum absolute atomic E-state index is 0.158. The fraction of sp³-hybridized carbons (Fsp3) is 0.200. The normalized spacial score (nSPS) is 11.3. The van der Waals surface area contributed by atoms with Crippen LogP contribution in [0.25, 0.3) is 5.69 Å². The maximum Gasteiger partial charge on any atom is 0.251 e. The largest absolute Gasteiger partial charge is 0.348 e. The lowest BCUT2D eigenvalue weighted by Gasteiger charge is -2.10. The lowest BCUT2D eigenvalue weighted by atomic mass is 10.1. The molecule has 2 aromatic carbocycles. The van der Waals surface area contributed by atoms with E-state index >= 15 is 0 Å². The molecule has 0 radical (unpaired) electrons. The molecule has 7 nitrogen and oxygen atoms in total. The molecule has 0 bridgehead atoms. The molecule has 0 unspecified atom stereocenters. The van der Waals surface area contributed by atoms with E-state index in [0.29, 0.717) is 12.1 Å². The summed E-state index contributed by atoms with van der Waals surface area (Å²) in [6, 6.07) is 14.2. The van der Waals surface area contributed by atoms with Crippen molar-refractivity contribution >= 4 is 33.2 Å². The van der Waals surface area contributed by atoms with Crippen LogP contribution in [-0.4, -0.2) is 30.4 Å². The number of rotatable bonds is 6. The van der Waals surface area contributed by atoms with Crippen molar-refractivity contribution in [3.63, 3.8) is 0 Å². The summed E-state index contributed by atoms with van der Waals surface area (Å²) in [5.41, 5.74) is 4.08. The van der Waals surface area contributed by atoms with Crippen molar-refractivity contribution in [3.8, 4) is 5.69 Å². The van der Waals surface area contributed by atoms with Crippen molar-refractivity contribution in [1.82, 2.24) is 15.1 Å². The van der Waals surface area contributed by atoms with Crippen LogP contribution >= 0.6 is 11.6 Å². The van der Waals surface area contributed by atoms with E-state index in [-0.39, 0.29) is 16.6 Å². The minimum atomic E-state index is -3.51. The Kier molecular flexibility index (Phi) is 5.95. The molecule has 0 spiro atoms. The number of amides is 1. The molecule has 0 saturated heterocycles. The lowest BCUT2D eigenvalue weighted by molar-refractivity contribution is 0.0951. The molecule has 0 aliphatic carbocycles. The summed E-state index contributed by atoms with van der Waals surface area (Å²) in [6.07, 6.45) is 1.02. The SMILES string of the molecule is Cc1nn(-c2ccccc2)c(C)c1CNC(=O)c1ccc(Cl)c(NS(C)(=O)=O)c1. The van der Waals surface area contributed by atoms with Crippen molar-refractivity contribution in [2.45, 2.75) is 20.4 Å². The lowest BCUT2D eigenvalue weighted by Crippen LogP contribution is -2.23. The summed E-state index contributed by atoms with van der Waals surface area (Å²) in [7, 11) is -3.51. The van der Waals surface area contributed by atoms with Crippen LogP contribution in [-0.2, 0) is 16.6 Å². The molecule has 1 aromatic heterocycles. The average molecular weight is 433 g/mol. The van der Waals surface area contributed by atoms with E-state index in [4.69, 9.17) is 11.6 Å². The van der Waals surface area contributed by atoms with E-state index < -0.39 is 10.0 Å². The Labute approximate surface area is 174 Å². The van der Waals surface area contributed by atoms with Gasteiger partial charge in [0.25, 0.3) is 5.91 Å². The van der Waals surface area contributed by atoms with Crippen molar-refractivity contribution in [3.05, 3.63) is 76.1 Å². The molecule has 0 saturated carbocycles. The van der Waals surface area contributed by atoms with Gasteiger partial charge in [0.1, 0.15) is 0 Å². The van der Waals surface area contributed by atoms with Crippen LogP contribution in [0.2, 0.25) is 5.02 Å². The van der Waals surface area contributed by atoms with Gasteiger partial charge in [-0.1, -0.05) is 29.8 Å². The molecule has 9 heteroatoms. The number of hydrogen-bond acceptors (Lipinski definition) is 4. The molecule has 2 N–H and O–H groups in total. The molecular formula is C20H21ClN4O3S. The van der Waals surface area contributed by atoms with Crippen molar-refractivity contribution in [1.29, 1.82) is 0 Å². The molecule has 0 fully saturated rings. The van der Waals surface area contributed by atoms with Gasteiger partial charge in [-0.15, -0.1) is 0 Å². The summed E-state index contributed by atoms with van der Waals surface area (Å²) < 4.78 is 27.1. The van der Waals surface area contributed by atoms with Crippen LogP contribution < -0.4 is 10.0 Å². The number of hydrogen-bond donors (Lipinski definition) is 2. The molecule has 0 atom stereocenters. The summed E-state index contributed by atoms with van der Waals surface area (Å²) in [5.74, 6) is -0.343. The van der Waals surface area contributed by atoms with Gasteiger partial charge in [0.2, 0.25) is 10.0 Å². The van der Waals surface area contributed by atoms with E-state index in [1.165, 1.54) is 18.2 Å². The van der Waals surface area contributed by atoms with Crippen molar-refractivity contribution in [2.75, 3.05) is 11.0 Å². The molecule has 1 heterocycles. The van der Waals surface area contributed by atoms with Crippen LogP contribution in [0.4, 0.5) is 5.69 Å². The first-order chi connectivity index (χ1) is 13.7. The smallest absolute Gasteiger partial charge is 0.251 e. The monoisotopic (exact) mass is 432 g/mol. The number of aryl methyl sites for hydroxylation is 1. The fourth-order valence-corrected chi connectivity index (χ4v) is 3.76. The topological polar surface area (TPSA) is 93.1 Å². The number of sulfonamides is 1. The predicted molar refractivity (Wildman–Crippen MR) is 114 cm³/mol. The summed E-state index contributed by atoms with van der Waals surface area (Å²) in [5, 5.41) is 7.64. The standard InChI is InChI=1S/C20H21ClN4O3S/c1-13-17(14(2)25(23-13)16-7-5-4-6-8-16)12-22-20(26)15-9-10-18(21)19(11-15)24-29(3,27)28/h4-11,24H,12H2,1-3H3,(H,22,26). The first-order valence-electron chi connectivity index (χ1n) is 8.82. The fourth-order valence-electron chi connectivity index (χ4n) is 2.97. The molecular weight excluding hydrogens is 412 g/mol. The number of nitrogens with zero attached hydrogens (tertiary/aromatic N) is 2. The van der Waals surface area contributed by atoms with Crippen LogP contribution in [0.3, 0.4) is 0 Å². The van der Waals surface area contributed by atoms with E-state index in [1.54, 1.807) is 0 Å². The van der Waals surface area contributed by atoms with Crippen LogP contribution in [0.1, 0.15) is 27.3 Å². The van der Waals surface area contributed by atoms with Gasteiger partial charge >= 0.3 is 0 Å². The highest BCUT2D eigenvalue weighted by atomic mass is 35.5. The first-order valence-corrected chi connectivity index (χ1v) is 11.1. The third-order valence-corrected chi connectivity index (χ3v) is 5.31. The van der Waals surface area contributed by atoms with Crippen LogP contribution in [0, 0.1) is 13.8 Å². The van der Waals surface area contributed by atoms with Gasteiger partial charge in [-0.25, -0.2) is 13.1 Å². The zero-order valence-corrected chi connectivity index (χ0v) is 17.8. The number of nitrogens with one attached hydrogen (secondary N) is 2. The van der Waals surface area contributed by atoms with Gasteiger partial charge < -0.3 is 5.32 Å². The Hall–Kier alpha value is -2.84. The van der Waals surface area contributed by atoms with Gasteiger partial charge in [0, 0.05) is 23.4 Å². The van der Waals surface area contributed by atoms with Crippen LogP contribution in [0.5, 0.6) is 0 Å². The molecule has 29 heavy (non-hydrogen) atoms. The summed E-state index contributed by atoms with van der Waals surface area (Å²) >= 11 is 6.01. The number of carbonyl (C=O) groups is 1. The Morgan fingerprint density at radius 2 is 1.83 bits per heavy atom. The Morgan fingerprint density at radius 1 is 1.14 bits per heavy atom. The van der Waals surface area contributed by atoms with Crippen molar-refractivity contribution < 1.29 is 13.2 Å². The second-order valence-electron chi connectivity index (χ2n) is 6.65. The van der Waals surface area contributed by atoms with Gasteiger partial charge in [0.05, 0.1) is 28.3 Å². The summed E-state index contributed by atoms with van der Waals surface area (Å²) in [4.78, 5) is 12.6. The highest BCUT2D eigenvalue weighted by Crippen LogP contribution is 2.24. The number of carbonyl (C=O) groups excluding carboxylic acids is 1. The van der Waals surface area contributed by atoms with Gasteiger partial charge in [-0.2, -0.15) is 5.10 Å². The molecule has 0 aliphatic heterocycles. The quantitative estimate of drug-likeness (QED) is 0.623. The van der Waals surface area contributed by atoms with Gasteiger partial charge in [-0.05, 0) is 44.2 Å². The molecule has 1 amide bonds. The Morgan fingerprint density at radius 3 is 2.48 bits per heavy atom. The zero-order valence-electron chi connectivity index (χ0n) is 16.2. The Bertz CT molecular complexity index is 1160. The number of halogens is 1. The molecule has 0 aliphatic rings. The molecule has 3 rings (SSSR count). The average Bonchev–Trinajstić information content (AvgIpc) is 2.95. The number of para-hydroxylation sites is 1. The Balaban J connectivity index is 1.78. The third kappa shape index (κ3) is 4.96. The van der Waals surface area contributed by atoms with E-state index in [2.05, 4.69) is 15.1 Å². The van der Waals surface area contributed by atoms with Crippen molar-refractivity contribution in [2.24, 2.45) is 0 Å². The highest BCUT2D eigenvalue weighted by molar-refractivity contribution is 7.92. The number of aromatic nitrogens is 2. The highest BCUT2D eigenvalue weighted by Gasteiger charge is 2.15. The zero-order chi connectivity index (χ0) is 21.2. The second-order valence-corrected chi connectivity index (χ2v) is 8.80. The third-order valence-electron chi connectivity index (χ3n) is 4.39. The van der Waals surface area contributed by atoms with E-state index in [0.717, 1.165) is 28.9 Å². The second kappa shape index (κ2) is 8.26. The minimum Gasteiger partial charge on any atom is -0.348 e.